The molecule has 0 saturated carbocycles. The maximum Gasteiger partial charge on any atom is 0.0471 e. The zero-order valence-electron chi connectivity index (χ0n) is 8.43. The van der Waals surface area contributed by atoms with Gasteiger partial charge in [-0.1, -0.05) is 24.3 Å². The van der Waals surface area contributed by atoms with Crippen LogP contribution in [-0.2, 0) is 6.42 Å². The van der Waals surface area contributed by atoms with Crippen molar-refractivity contribution < 1.29 is 5.11 Å². The molecular formula is C13H13NO. The molecule has 0 aliphatic carbocycles. The van der Waals surface area contributed by atoms with Crippen LogP contribution in [0.2, 0.25) is 0 Å². The van der Waals surface area contributed by atoms with E-state index in [1.54, 1.807) is 12.4 Å². The minimum atomic E-state index is 0.183. The Kier molecular flexibility index (Phi) is 3.10. The molecule has 0 unspecified atom stereocenters. The van der Waals surface area contributed by atoms with E-state index in [0.29, 0.717) is 6.42 Å². The summed E-state index contributed by atoms with van der Waals surface area (Å²) in [6.45, 7) is 0.183. The highest BCUT2D eigenvalue weighted by molar-refractivity contribution is 5.66. The second-order valence-corrected chi connectivity index (χ2v) is 3.37. The molecule has 1 heterocycles. The number of hydrogen-bond acceptors (Lipinski definition) is 2. The van der Waals surface area contributed by atoms with Gasteiger partial charge in [0.05, 0.1) is 0 Å². The monoisotopic (exact) mass is 199 g/mol. The number of benzene rings is 1. The summed E-state index contributed by atoms with van der Waals surface area (Å²) in [6, 6.07) is 12.1. The molecule has 1 aromatic heterocycles. The molecule has 0 atom stereocenters. The summed E-state index contributed by atoms with van der Waals surface area (Å²) in [5.41, 5.74) is 3.49. The molecule has 0 fully saturated rings. The molecule has 2 aromatic rings. The number of aromatic nitrogens is 1. The van der Waals surface area contributed by atoms with Crippen molar-refractivity contribution in [3.8, 4) is 11.1 Å². The molecule has 0 bridgehead atoms. The summed E-state index contributed by atoms with van der Waals surface area (Å²) < 4.78 is 0. The SMILES string of the molecule is OCCc1ccccc1-c1ccncc1. The van der Waals surface area contributed by atoms with Crippen LogP contribution < -0.4 is 0 Å². The van der Waals surface area contributed by atoms with Gasteiger partial charge in [0.25, 0.3) is 0 Å². The highest BCUT2D eigenvalue weighted by Crippen LogP contribution is 2.22. The van der Waals surface area contributed by atoms with Gasteiger partial charge in [-0.2, -0.15) is 0 Å². The van der Waals surface area contributed by atoms with Gasteiger partial charge in [-0.15, -0.1) is 0 Å². The lowest BCUT2D eigenvalue weighted by Gasteiger charge is -2.07. The fraction of sp³-hybridized carbons (Fsp3) is 0.154. The van der Waals surface area contributed by atoms with E-state index in [9.17, 15) is 0 Å². The molecule has 0 radical (unpaired) electrons. The lowest BCUT2D eigenvalue weighted by molar-refractivity contribution is 0.300. The highest BCUT2D eigenvalue weighted by Gasteiger charge is 2.02. The maximum atomic E-state index is 8.98. The van der Waals surface area contributed by atoms with Gasteiger partial charge in [0.15, 0.2) is 0 Å². The Balaban J connectivity index is 2.43. The third kappa shape index (κ3) is 2.22. The average molecular weight is 199 g/mol. The Hall–Kier alpha value is -1.67. The van der Waals surface area contributed by atoms with Gasteiger partial charge in [0, 0.05) is 19.0 Å². The lowest BCUT2D eigenvalue weighted by atomic mass is 9.99. The Bertz CT molecular complexity index is 426. The second-order valence-electron chi connectivity index (χ2n) is 3.37. The summed E-state index contributed by atoms with van der Waals surface area (Å²) in [6.07, 6.45) is 4.26. The maximum absolute atomic E-state index is 8.98. The summed E-state index contributed by atoms with van der Waals surface area (Å²) in [7, 11) is 0. The highest BCUT2D eigenvalue weighted by atomic mass is 16.2. The predicted octanol–water partition coefficient (Wildman–Crippen LogP) is 2.28. The van der Waals surface area contributed by atoms with E-state index in [0.717, 1.165) is 5.56 Å². The fourth-order valence-corrected chi connectivity index (χ4v) is 1.67. The predicted molar refractivity (Wildman–Crippen MR) is 60.5 cm³/mol. The zero-order chi connectivity index (χ0) is 10.5. The van der Waals surface area contributed by atoms with Crippen LogP contribution in [0.1, 0.15) is 5.56 Å². The van der Waals surface area contributed by atoms with Crippen molar-refractivity contribution in [1.82, 2.24) is 4.98 Å². The number of nitrogens with zero attached hydrogens (tertiary/aromatic N) is 1. The smallest absolute Gasteiger partial charge is 0.0471 e. The van der Waals surface area contributed by atoms with Crippen molar-refractivity contribution in [2.24, 2.45) is 0 Å². The molecule has 15 heavy (non-hydrogen) atoms. The van der Waals surface area contributed by atoms with Crippen LogP contribution in [0.4, 0.5) is 0 Å². The molecule has 0 aliphatic heterocycles. The molecule has 2 heteroatoms. The van der Waals surface area contributed by atoms with Crippen molar-refractivity contribution in [1.29, 1.82) is 0 Å². The second kappa shape index (κ2) is 4.71. The van der Waals surface area contributed by atoms with Gasteiger partial charge in [-0.05, 0) is 35.2 Å². The Morgan fingerprint density at radius 3 is 2.47 bits per heavy atom. The first-order chi connectivity index (χ1) is 7.42. The van der Waals surface area contributed by atoms with Crippen LogP contribution in [-0.4, -0.2) is 16.7 Å². The van der Waals surface area contributed by atoms with Gasteiger partial charge in [0.1, 0.15) is 0 Å². The molecule has 0 amide bonds. The van der Waals surface area contributed by atoms with Crippen LogP contribution in [0.25, 0.3) is 11.1 Å². The van der Waals surface area contributed by atoms with Crippen LogP contribution in [0, 0.1) is 0 Å². The molecule has 1 aromatic carbocycles. The standard InChI is InChI=1S/C13H13NO/c15-10-7-11-3-1-2-4-13(11)12-5-8-14-9-6-12/h1-6,8-9,15H,7,10H2. The number of aliphatic hydroxyl groups is 1. The van der Waals surface area contributed by atoms with Crippen LogP contribution in [0.3, 0.4) is 0 Å². The zero-order valence-corrected chi connectivity index (χ0v) is 8.43. The minimum Gasteiger partial charge on any atom is -0.396 e. The third-order valence-electron chi connectivity index (χ3n) is 2.39. The Labute approximate surface area is 89.2 Å². The molecule has 76 valence electrons. The van der Waals surface area contributed by atoms with Crippen molar-refractivity contribution in [3.63, 3.8) is 0 Å². The molecule has 2 rings (SSSR count). The Morgan fingerprint density at radius 1 is 1.00 bits per heavy atom. The van der Waals surface area contributed by atoms with E-state index in [1.165, 1.54) is 11.1 Å². The number of hydrogen-bond donors (Lipinski definition) is 1. The van der Waals surface area contributed by atoms with E-state index in [-0.39, 0.29) is 6.61 Å². The van der Waals surface area contributed by atoms with E-state index in [2.05, 4.69) is 11.1 Å². The summed E-state index contributed by atoms with van der Waals surface area (Å²) in [5, 5.41) is 8.98. The van der Waals surface area contributed by atoms with Gasteiger partial charge >= 0.3 is 0 Å². The minimum absolute atomic E-state index is 0.183. The van der Waals surface area contributed by atoms with Gasteiger partial charge < -0.3 is 5.11 Å². The quantitative estimate of drug-likeness (QED) is 0.822. The Morgan fingerprint density at radius 2 is 1.73 bits per heavy atom. The first-order valence-corrected chi connectivity index (χ1v) is 5.01. The van der Waals surface area contributed by atoms with Gasteiger partial charge in [0.2, 0.25) is 0 Å². The summed E-state index contributed by atoms with van der Waals surface area (Å²) in [4.78, 5) is 4.00. The number of pyridine rings is 1. The van der Waals surface area contributed by atoms with E-state index in [1.807, 2.05) is 30.3 Å². The first-order valence-electron chi connectivity index (χ1n) is 5.01. The summed E-state index contributed by atoms with van der Waals surface area (Å²) >= 11 is 0. The van der Waals surface area contributed by atoms with Gasteiger partial charge in [-0.25, -0.2) is 0 Å². The molecule has 2 nitrogen and oxygen atoms in total. The van der Waals surface area contributed by atoms with Gasteiger partial charge in [-0.3, -0.25) is 4.98 Å². The van der Waals surface area contributed by atoms with E-state index >= 15 is 0 Å². The molecule has 0 saturated heterocycles. The van der Waals surface area contributed by atoms with Crippen molar-refractivity contribution in [2.45, 2.75) is 6.42 Å². The molecule has 1 N–H and O–H groups in total. The fourth-order valence-electron chi connectivity index (χ4n) is 1.67. The topological polar surface area (TPSA) is 33.1 Å². The van der Waals surface area contributed by atoms with Crippen LogP contribution >= 0.6 is 0 Å². The number of aliphatic hydroxyl groups excluding tert-OH is 1. The first kappa shape index (κ1) is 9.87. The molecular weight excluding hydrogens is 186 g/mol. The summed E-state index contributed by atoms with van der Waals surface area (Å²) in [5.74, 6) is 0. The normalized spacial score (nSPS) is 10.2. The average Bonchev–Trinajstić information content (AvgIpc) is 2.31. The van der Waals surface area contributed by atoms with E-state index in [4.69, 9.17) is 5.11 Å². The third-order valence-corrected chi connectivity index (χ3v) is 2.39. The van der Waals surface area contributed by atoms with Crippen molar-refractivity contribution in [2.75, 3.05) is 6.61 Å². The van der Waals surface area contributed by atoms with Crippen molar-refractivity contribution in [3.05, 3.63) is 54.4 Å². The molecule has 0 spiro atoms. The van der Waals surface area contributed by atoms with E-state index < -0.39 is 0 Å². The van der Waals surface area contributed by atoms with Crippen molar-refractivity contribution >= 4 is 0 Å². The lowest BCUT2D eigenvalue weighted by Crippen LogP contribution is -1.93. The molecule has 0 aliphatic rings. The van der Waals surface area contributed by atoms with Crippen LogP contribution in [0.5, 0.6) is 0 Å². The van der Waals surface area contributed by atoms with Crippen LogP contribution in [0.15, 0.2) is 48.8 Å². The number of rotatable bonds is 3. The largest absolute Gasteiger partial charge is 0.396 e.